The van der Waals surface area contributed by atoms with Gasteiger partial charge in [0, 0.05) is 6.42 Å². The highest BCUT2D eigenvalue weighted by molar-refractivity contribution is 8.03. The third kappa shape index (κ3) is 6.54. The first-order chi connectivity index (χ1) is 8.56. The number of unbranched alkanes of at least 4 members (excludes halogenated alkanes) is 1. The minimum absolute atomic E-state index is 0.0600. The summed E-state index contributed by atoms with van der Waals surface area (Å²) in [6.07, 6.45) is 2.08. The quantitative estimate of drug-likeness (QED) is 0.520. The molecule has 0 saturated carbocycles. The SMILES string of the molecule is CCCCC(=O)N/C(C(=O)OCC)=C(\N)SCC. The molecule has 0 unspecified atom stereocenters. The average Bonchev–Trinajstić information content (AvgIpc) is 2.33. The maximum atomic E-state index is 11.7. The maximum Gasteiger partial charge on any atom is 0.357 e. The number of carbonyl (C=O) groups excluding carboxylic acids is 2. The molecule has 0 fully saturated rings. The van der Waals surface area contributed by atoms with Gasteiger partial charge in [-0.1, -0.05) is 20.3 Å². The lowest BCUT2D eigenvalue weighted by Crippen LogP contribution is -2.31. The van der Waals surface area contributed by atoms with Gasteiger partial charge in [0.15, 0.2) is 5.70 Å². The van der Waals surface area contributed by atoms with Crippen molar-refractivity contribution in [2.75, 3.05) is 12.4 Å². The highest BCUT2D eigenvalue weighted by Crippen LogP contribution is 2.13. The van der Waals surface area contributed by atoms with E-state index in [0.717, 1.165) is 18.6 Å². The lowest BCUT2D eigenvalue weighted by Gasteiger charge is -2.11. The second-order valence-corrected chi connectivity index (χ2v) is 4.85. The molecule has 0 saturated heterocycles. The molecule has 0 rings (SSSR count). The fraction of sp³-hybridized carbons (Fsp3) is 0.667. The first-order valence-electron chi connectivity index (χ1n) is 6.16. The Hall–Kier alpha value is -1.17. The Bertz CT molecular complexity index is 316. The molecule has 0 aromatic heterocycles. The van der Waals surface area contributed by atoms with Crippen molar-refractivity contribution < 1.29 is 14.3 Å². The van der Waals surface area contributed by atoms with Crippen molar-refractivity contribution in [3.63, 3.8) is 0 Å². The van der Waals surface area contributed by atoms with Crippen LogP contribution in [0.25, 0.3) is 0 Å². The first kappa shape index (κ1) is 16.8. The van der Waals surface area contributed by atoms with Crippen LogP contribution in [0.15, 0.2) is 10.7 Å². The van der Waals surface area contributed by atoms with Gasteiger partial charge in [-0.15, -0.1) is 11.8 Å². The summed E-state index contributed by atoms with van der Waals surface area (Å²) >= 11 is 1.30. The number of hydrogen-bond acceptors (Lipinski definition) is 5. The van der Waals surface area contributed by atoms with Crippen LogP contribution in [0.1, 0.15) is 40.0 Å². The zero-order valence-electron chi connectivity index (χ0n) is 11.2. The molecule has 0 aromatic rings. The Morgan fingerprint density at radius 3 is 2.44 bits per heavy atom. The molecule has 3 N–H and O–H groups in total. The molecule has 104 valence electrons. The molecule has 0 aliphatic carbocycles. The van der Waals surface area contributed by atoms with E-state index in [0.29, 0.717) is 11.4 Å². The van der Waals surface area contributed by atoms with E-state index >= 15 is 0 Å². The number of nitrogens with one attached hydrogen (secondary N) is 1. The summed E-state index contributed by atoms with van der Waals surface area (Å²) in [5.74, 6) is -0.0695. The molecule has 0 radical (unpaired) electrons. The molecule has 0 aliphatic rings. The van der Waals surface area contributed by atoms with Gasteiger partial charge in [0.25, 0.3) is 0 Å². The number of esters is 1. The van der Waals surface area contributed by atoms with Crippen LogP contribution < -0.4 is 11.1 Å². The minimum Gasteiger partial charge on any atom is -0.461 e. The Kier molecular flexibility index (Phi) is 9.18. The van der Waals surface area contributed by atoms with E-state index < -0.39 is 5.97 Å². The van der Waals surface area contributed by atoms with E-state index in [9.17, 15) is 9.59 Å². The predicted octanol–water partition coefficient (Wildman–Crippen LogP) is 1.74. The smallest absolute Gasteiger partial charge is 0.357 e. The fourth-order valence-corrected chi connectivity index (χ4v) is 1.77. The van der Waals surface area contributed by atoms with Gasteiger partial charge >= 0.3 is 5.97 Å². The van der Waals surface area contributed by atoms with Gasteiger partial charge in [-0.3, -0.25) is 4.79 Å². The van der Waals surface area contributed by atoms with Gasteiger partial charge < -0.3 is 15.8 Å². The first-order valence-corrected chi connectivity index (χ1v) is 7.14. The van der Waals surface area contributed by atoms with Crippen LogP contribution in [0.5, 0.6) is 0 Å². The highest BCUT2D eigenvalue weighted by Gasteiger charge is 2.17. The van der Waals surface area contributed by atoms with E-state index in [4.69, 9.17) is 10.5 Å². The summed E-state index contributed by atoms with van der Waals surface area (Å²) < 4.78 is 4.87. The summed E-state index contributed by atoms with van der Waals surface area (Å²) in [7, 11) is 0. The van der Waals surface area contributed by atoms with Gasteiger partial charge in [0.1, 0.15) is 0 Å². The van der Waals surface area contributed by atoms with Crippen LogP contribution in [0.4, 0.5) is 0 Å². The third-order valence-electron chi connectivity index (χ3n) is 2.05. The van der Waals surface area contributed by atoms with E-state index in [-0.39, 0.29) is 18.2 Å². The predicted molar refractivity (Wildman–Crippen MR) is 73.6 cm³/mol. The summed E-state index contributed by atoms with van der Waals surface area (Å²) in [4.78, 5) is 23.3. The van der Waals surface area contributed by atoms with Gasteiger partial charge in [-0.25, -0.2) is 4.79 Å². The van der Waals surface area contributed by atoms with Gasteiger partial charge in [0.05, 0.1) is 11.6 Å². The van der Waals surface area contributed by atoms with Crippen molar-refractivity contribution in [3.05, 3.63) is 10.7 Å². The average molecular weight is 274 g/mol. The molecule has 0 atom stereocenters. The van der Waals surface area contributed by atoms with Crippen LogP contribution in [0.2, 0.25) is 0 Å². The topological polar surface area (TPSA) is 81.4 Å². The van der Waals surface area contributed by atoms with Crippen molar-refractivity contribution in [2.24, 2.45) is 5.73 Å². The van der Waals surface area contributed by atoms with Gasteiger partial charge in [-0.05, 0) is 19.1 Å². The standard InChI is InChI=1S/C12H22N2O3S/c1-4-7-8-9(15)14-10(11(13)18-6-3)12(16)17-5-2/h4-8,13H2,1-3H3,(H,14,15)/b11-10+. The molecule has 0 spiro atoms. The monoisotopic (exact) mass is 274 g/mol. The molecule has 0 heterocycles. The summed E-state index contributed by atoms with van der Waals surface area (Å²) in [6, 6.07) is 0. The number of ether oxygens (including phenoxy) is 1. The Morgan fingerprint density at radius 1 is 1.28 bits per heavy atom. The van der Waals surface area contributed by atoms with Crippen molar-refractivity contribution in [1.29, 1.82) is 0 Å². The molecule has 0 bridgehead atoms. The maximum absolute atomic E-state index is 11.7. The summed E-state index contributed by atoms with van der Waals surface area (Å²) in [5.41, 5.74) is 5.82. The molecular formula is C12H22N2O3S. The zero-order chi connectivity index (χ0) is 14.0. The number of hydrogen-bond donors (Lipinski definition) is 2. The molecule has 1 amide bonds. The van der Waals surface area contributed by atoms with E-state index in [1.807, 2.05) is 13.8 Å². The normalized spacial score (nSPS) is 11.7. The largest absolute Gasteiger partial charge is 0.461 e. The number of carbonyl (C=O) groups is 2. The number of thioether (sulfide) groups is 1. The molecular weight excluding hydrogens is 252 g/mol. The summed E-state index contributed by atoms with van der Waals surface area (Å²) in [6.45, 7) is 5.87. The van der Waals surface area contributed by atoms with Gasteiger partial charge in [0.2, 0.25) is 5.91 Å². The highest BCUT2D eigenvalue weighted by atomic mass is 32.2. The fourth-order valence-electron chi connectivity index (χ4n) is 1.18. The molecule has 5 nitrogen and oxygen atoms in total. The summed E-state index contributed by atoms with van der Waals surface area (Å²) in [5, 5.41) is 2.83. The molecule has 18 heavy (non-hydrogen) atoms. The Balaban J connectivity index is 4.72. The Labute approximate surface area is 113 Å². The van der Waals surface area contributed by atoms with Crippen molar-refractivity contribution in [2.45, 2.75) is 40.0 Å². The van der Waals surface area contributed by atoms with Crippen molar-refractivity contribution >= 4 is 23.6 Å². The molecule has 0 aromatic carbocycles. The van der Waals surface area contributed by atoms with Crippen LogP contribution in [-0.2, 0) is 14.3 Å². The van der Waals surface area contributed by atoms with Crippen LogP contribution in [-0.4, -0.2) is 24.2 Å². The Morgan fingerprint density at radius 2 is 1.94 bits per heavy atom. The van der Waals surface area contributed by atoms with Crippen LogP contribution in [0.3, 0.4) is 0 Å². The lowest BCUT2D eigenvalue weighted by molar-refractivity contribution is -0.140. The van der Waals surface area contributed by atoms with E-state index in [1.165, 1.54) is 11.8 Å². The second-order valence-electron chi connectivity index (χ2n) is 3.54. The third-order valence-corrected chi connectivity index (χ3v) is 2.85. The zero-order valence-corrected chi connectivity index (χ0v) is 12.1. The van der Waals surface area contributed by atoms with Crippen molar-refractivity contribution in [3.8, 4) is 0 Å². The number of amides is 1. The van der Waals surface area contributed by atoms with E-state index in [1.54, 1.807) is 6.92 Å². The van der Waals surface area contributed by atoms with Crippen LogP contribution in [0, 0.1) is 0 Å². The minimum atomic E-state index is -0.583. The van der Waals surface area contributed by atoms with Crippen molar-refractivity contribution in [1.82, 2.24) is 5.32 Å². The second kappa shape index (κ2) is 9.82. The molecule has 0 aliphatic heterocycles. The van der Waals surface area contributed by atoms with Crippen LogP contribution >= 0.6 is 11.8 Å². The lowest BCUT2D eigenvalue weighted by atomic mass is 10.2. The number of nitrogens with two attached hydrogens (primary N) is 1. The number of rotatable bonds is 8. The van der Waals surface area contributed by atoms with E-state index in [2.05, 4.69) is 5.32 Å². The molecule has 6 heteroatoms. The van der Waals surface area contributed by atoms with Gasteiger partial charge in [-0.2, -0.15) is 0 Å².